The summed E-state index contributed by atoms with van der Waals surface area (Å²) in [6.45, 7) is 1.54. The molecule has 3 unspecified atom stereocenters. The third-order valence-corrected chi connectivity index (χ3v) is 3.32. The largest absolute Gasteiger partial charge is 0.456 e. The lowest BCUT2D eigenvalue weighted by Crippen LogP contribution is -2.46. The fourth-order valence-corrected chi connectivity index (χ4v) is 2.30. The van der Waals surface area contributed by atoms with E-state index in [0.717, 1.165) is 0 Å². The molecule has 1 saturated heterocycles. The lowest BCUT2D eigenvalue weighted by atomic mass is 10.2. The van der Waals surface area contributed by atoms with E-state index in [0.29, 0.717) is 6.54 Å². The van der Waals surface area contributed by atoms with Crippen LogP contribution < -0.4 is 5.32 Å². The highest BCUT2D eigenvalue weighted by Crippen LogP contribution is 2.23. The first-order valence-corrected chi connectivity index (χ1v) is 5.70. The number of hydrogen-bond donors (Lipinski definition) is 1. The molecule has 16 heavy (non-hydrogen) atoms. The molecule has 1 amide bonds. The summed E-state index contributed by atoms with van der Waals surface area (Å²) in [7, 11) is 1.82. The van der Waals surface area contributed by atoms with Gasteiger partial charge in [-0.3, -0.25) is 14.5 Å². The van der Waals surface area contributed by atoms with Gasteiger partial charge in [0.2, 0.25) is 0 Å². The minimum absolute atomic E-state index is 0.242. The van der Waals surface area contributed by atoms with Crippen molar-refractivity contribution in [3.8, 4) is 0 Å². The summed E-state index contributed by atoms with van der Waals surface area (Å²) in [5, 5.41) is 2.40. The summed E-state index contributed by atoms with van der Waals surface area (Å²) in [5.74, 6) is -0.893. The summed E-state index contributed by atoms with van der Waals surface area (Å²) in [6.07, 6.45) is 0. The number of nitrogens with zero attached hydrogens (tertiary/aromatic N) is 1. The molecule has 1 rings (SSSR count). The Morgan fingerprint density at radius 1 is 1.50 bits per heavy atom. The van der Waals surface area contributed by atoms with Gasteiger partial charge < -0.3 is 10.1 Å². The minimum Gasteiger partial charge on any atom is -0.456 e. The third kappa shape index (κ3) is 3.50. The predicted octanol–water partition coefficient (Wildman–Crippen LogP) is 0.152. The third-order valence-electron chi connectivity index (χ3n) is 2.30. The zero-order valence-electron chi connectivity index (χ0n) is 9.07. The normalized spacial score (nSPS) is 30.1. The van der Waals surface area contributed by atoms with Gasteiger partial charge in [-0.05, 0) is 7.05 Å². The van der Waals surface area contributed by atoms with Crippen LogP contribution in [0, 0.1) is 0 Å². The van der Waals surface area contributed by atoms with Crippen molar-refractivity contribution in [2.75, 3.05) is 20.2 Å². The molecule has 0 aromatic heterocycles. The second-order valence-electron chi connectivity index (χ2n) is 3.70. The SMILES string of the molecule is CC(=O)OCC(=O)NC1C(Cl)CN(C)C1Cl. The van der Waals surface area contributed by atoms with E-state index >= 15 is 0 Å². The number of likely N-dealkylation sites (N-methyl/N-ethyl adjacent to an activating group) is 1. The van der Waals surface area contributed by atoms with Gasteiger partial charge in [0.1, 0.15) is 5.50 Å². The van der Waals surface area contributed by atoms with Gasteiger partial charge in [0.15, 0.2) is 6.61 Å². The molecule has 1 aliphatic heterocycles. The number of esters is 1. The smallest absolute Gasteiger partial charge is 0.303 e. The molecule has 1 N–H and O–H groups in total. The van der Waals surface area contributed by atoms with E-state index in [1.165, 1.54) is 6.92 Å². The molecule has 7 heteroatoms. The number of ether oxygens (including phenoxy) is 1. The molecule has 0 radical (unpaired) electrons. The molecule has 0 spiro atoms. The quantitative estimate of drug-likeness (QED) is 0.450. The lowest BCUT2D eigenvalue weighted by molar-refractivity contribution is -0.146. The zero-order chi connectivity index (χ0) is 12.3. The van der Waals surface area contributed by atoms with Crippen LogP contribution in [0.15, 0.2) is 0 Å². The monoisotopic (exact) mass is 268 g/mol. The number of alkyl halides is 2. The number of likely N-dealkylation sites (tertiary alicyclic amines) is 1. The summed E-state index contributed by atoms with van der Waals surface area (Å²) in [5.41, 5.74) is -0.344. The number of carbonyl (C=O) groups is 2. The molecular formula is C9H14Cl2N2O3. The van der Waals surface area contributed by atoms with Crippen LogP contribution in [0.5, 0.6) is 0 Å². The van der Waals surface area contributed by atoms with Gasteiger partial charge in [0.05, 0.1) is 11.4 Å². The number of carbonyl (C=O) groups excluding carboxylic acids is 2. The van der Waals surface area contributed by atoms with Gasteiger partial charge in [-0.2, -0.15) is 0 Å². The minimum atomic E-state index is -0.497. The van der Waals surface area contributed by atoms with Crippen LogP contribution >= 0.6 is 23.2 Å². The average Bonchev–Trinajstić information content (AvgIpc) is 2.42. The Labute approximate surface area is 104 Å². The standard InChI is InChI=1S/C9H14Cl2N2O3/c1-5(14)16-4-7(15)12-8-6(10)3-13(2)9(8)11/h6,8-9H,3-4H2,1-2H3,(H,12,15). The van der Waals surface area contributed by atoms with Crippen molar-refractivity contribution in [2.24, 2.45) is 0 Å². The number of hydrogen-bond acceptors (Lipinski definition) is 4. The first-order chi connectivity index (χ1) is 7.41. The molecule has 1 fully saturated rings. The van der Waals surface area contributed by atoms with Gasteiger partial charge >= 0.3 is 5.97 Å². The van der Waals surface area contributed by atoms with E-state index in [9.17, 15) is 9.59 Å². The Kier molecular flexibility index (Phi) is 4.83. The van der Waals surface area contributed by atoms with Gasteiger partial charge in [-0.25, -0.2) is 0 Å². The number of amides is 1. The van der Waals surface area contributed by atoms with Crippen LogP contribution in [-0.4, -0.2) is 53.9 Å². The molecule has 5 nitrogen and oxygen atoms in total. The Bertz CT molecular complexity index is 288. The number of halogens is 2. The Morgan fingerprint density at radius 2 is 2.12 bits per heavy atom. The van der Waals surface area contributed by atoms with Crippen LogP contribution in [-0.2, 0) is 14.3 Å². The fraction of sp³-hybridized carbons (Fsp3) is 0.778. The van der Waals surface area contributed by atoms with Gasteiger partial charge in [0, 0.05) is 13.5 Å². The van der Waals surface area contributed by atoms with Gasteiger partial charge in [-0.15, -0.1) is 23.2 Å². The van der Waals surface area contributed by atoms with Crippen LogP contribution in [0.2, 0.25) is 0 Å². The maximum Gasteiger partial charge on any atom is 0.303 e. The molecule has 3 atom stereocenters. The molecule has 0 aromatic rings. The topological polar surface area (TPSA) is 58.6 Å². The van der Waals surface area contributed by atoms with E-state index < -0.39 is 11.9 Å². The molecule has 0 saturated carbocycles. The number of nitrogens with one attached hydrogen (secondary N) is 1. The Hall–Kier alpha value is -0.520. The maximum absolute atomic E-state index is 11.4. The van der Waals surface area contributed by atoms with Crippen molar-refractivity contribution in [1.29, 1.82) is 0 Å². The molecule has 0 aliphatic carbocycles. The Balaban J connectivity index is 2.41. The second-order valence-corrected chi connectivity index (χ2v) is 4.71. The first-order valence-electron chi connectivity index (χ1n) is 4.83. The van der Waals surface area contributed by atoms with E-state index in [-0.39, 0.29) is 23.5 Å². The second kappa shape index (κ2) is 5.70. The molecule has 1 heterocycles. The van der Waals surface area contributed by atoms with E-state index in [4.69, 9.17) is 23.2 Å². The molecule has 0 aromatic carbocycles. The number of rotatable bonds is 3. The maximum atomic E-state index is 11.4. The molecule has 0 bridgehead atoms. The van der Waals surface area contributed by atoms with Gasteiger partial charge in [0.25, 0.3) is 5.91 Å². The van der Waals surface area contributed by atoms with Crippen LogP contribution in [0.4, 0.5) is 0 Å². The van der Waals surface area contributed by atoms with Gasteiger partial charge in [-0.1, -0.05) is 0 Å². The Morgan fingerprint density at radius 3 is 2.56 bits per heavy atom. The van der Waals surface area contributed by atoms with Crippen molar-refractivity contribution in [3.63, 3.8) is 0 Å². The van der Waals surface area contributed by atoms with Crippen molar-refractivity contribution in [2.45, 2.75) is 23.8 Å². The van der Waals surface area contributed by atoms with E-state index in [2.05, 4.69) is 10.1 Å². The van der Waals surface area contributed by atoms with Crippen molar-refractivity contribution >= 4 is 35.1 Å². The summed E-state index contributed by atoms with van der Waals surface area (Å²) in [6, 6.07) is -0.337. The molecule has 1 aliphatic rings. The van der Waals surface area contributed by atoms with Crippen molar-refractivity contribution < 1.29 is 14.3 Å². The van der Waals surface area contributed by atoms with Crippen LogP contribution in [0.1, 0.15) is 6.92 Å². The summed E-state index contributed by atoms with van der Waals surface area (Å²) < 4.78 is 4.56. The van der Waals surface area contributed by atoms with Crippen LogP contribution in [0.3, 0.4) is 0 Å². The van der Waals surface area contributed by atoms with Crippen LogP contribution in [0.25, 0.3) is 0 Å². The highest BCUT2D eigenvalue weighted by molar-refractivity contribution is 6.25. The van der Waals surface area contributed by atoms with E-state index in [1.54, 1.807) is 0 Å². The summed E-state index contributed by atoms with van der Waals surface area (Å²) in [4.78, 5) is 23.7. The highest BCUT2D eigenvalue weighted by Gasteiger charge is 2.38. The van der Waals surface area contributed by atoms with Crippen molar-refractivity contribution in [1.82, 2.24) is 10.2 Å². The zero-order valence-corrected chi connectivity index (χ0v) is 10.6. The van der Waals surface area contributed by atoms with Crippen molar-refractivity contribution in [3.05, 3.63) is 0 Å². The lowest BCUT2D eigenvalue weighted by Gasteiger charge is -2.20. The average molecular weight is 269 g/mol. The van der Waals surface area contributed by atoms with E-state index in [1.807, 2.05) is 11.9 Å². The first kappa shape index (κ1) is 13.5. The molecule has 92 valence electrons. The molecular weight excluding hydrogens is 255 g/mol. The fourth-order valence-electron chi connectivity index (χ4n) is 1.49. The highest BCUT2D eigenvalue weighted by atomic mass is 35.5. The summed E-state index contributed by atoms with van der Waals surface area (Å²) >= 11 is 12.1. The predicted molar refractivity (Wildman–Crippen MR) is 60.5 cm³/mol.